The fraction of sp³-hybridized carbons (Fsp3) is 0.321. The summed E-state index contributed by atoms with van der Waals surface area (Å²) in [5.41, 5.74) is 23.1. The molecule has 2 unspecified atom stereocenters. The molecule has 12 rings (SSSR count). The van der Waals surface area contributed by atoms with Crippen LogP contribution in [0.15, 0.2) is 108 Å². The Morgan fingerprint density at radius 1 is 0.667 bits per heavy atom. The van der Waals surface area contributed by atoms with Gasteiger partial charge >= 0.3 is 6.85 Å². The maximum atomic E-state index is 7.17. The van der Waals surface area contributed by atoms with Gasteiger partial charge in [-0.3, -0.25) is 0 Å². The molecule has 1 aromatic heterocycles. The Hall–Kier alpha value is -5.22. The van der Waals surface area contributed by atoms with Crippen molar-refractivity contribution in [3.8, 4) is 22.3 Å². The first kappa shape index (κ1) is 33.9. The lowest BCUT2D eigenvalue weighted by Crippen LogP contribution is -2.64. The smallest absolute Gasteiger partial charge is 0.333 e. The first-order valence-corrected chi connectivity index (χ1v) is 22.0. The number of hydrogen-bond acceptors (Lipinski definition) is 3. The Labute approximate surface area is 337 Å². The molecule has 0 amide bonds. The molecule has 1 fully saturated rings. The van der Waals surface area contributed by atoms with Gasteiger partial charge in [0.2, 0.25) is 0 Å². The van der Waals surface area contributed by atoms with Crippen molar-refractivity contribution < 1.29 is 4.42 Å². The molecule has 5 aliphatic rings. The van der Waals surface area contributed by atoms with Gasteiger partial charge in [0.05, 0.1) is 11.2 Å². The number of benzene rings is 6. The average Bonchev–Trinajstić information content (AvgIpc) is 3.87. The van der Waals surface area contributed by atoms with Gasteiger partial charge in [-0.1, -0.05) is 125 Å². The van der Waals surface area contributed by atoms with Crippen LogP contribution in [0.25, 0.3) is 44.2 Å². The molecule has 1 saturated carbocycles. The molecule has 2 aliphatic carbocycles. The SMILES string of the molecule is CCCCc1ccc(N2B3c4cc(CCCC)cc5c4N(c4c3c(cc3c4oc4ccccc43)-c3ccc4c(c32)-c2ccccc2C4)C2(C)CCCCC52C)cc1. The van der Waals surface area contributed by atoms with Gasteiger partial charge in [-0.25, -0.2) is 0 Å². The van der Waals surface area contributed by atoms with E-state index in [0.29, 0.717) is 0 Å². The summed E-state index contributed by atoms with van der Waals surface area (Å²) in [4.78, 5) is 5.66. The molecule has 4 heterocycles. The van der Waals surface area contributed by atoms with Crippen molar-refractivity contribution in [2.75, 3.05) is 9.71 Å². The zero-order valence-electron chi connectivity index (χ0n) is 34.0. The highest BCUT2D eigenvalue weighted by molar-refractivity contribution is 6.94. The van der Waals surface area contributed by atoms with E-state index in [-0.39, 0.29) is 17.8 Å². The monoisotopic (exact) mass is 742 g/mol. The van der Waals surface area contributed by atoms with Crippen molar-refractivity contribution in [1.82, 2.24) is 0 Å². The molecule has 6 aromatic carbocycles. The molecule has 0 spiro atoms. The van der Waals surface area contributed by atoms with Crippen molar-refractivity contribution in [2.24, 2.45) is 0 Å². The van der Waals surface area contributed by atoms with Gasteiger partial charge in [-0.15, -0.1) is 0 Å². The van der Waals surface area contributed by atoms with Crippen LogP contribution >= 0.6 is 0 Å². The standard InChI is InChI=1S/C53H51BN2O/c1-5-7-15-33-21-24-37(25-22-33)56-48-40(26-23-36-31-35-17-9-10-18-38(35)46(36)48)41-32-42-39-19-11-12-20-45(39)57-51(42)50-47(41)54(56)44-30-34(16-8-6-2)29-43-49(44)55(50)53(4)28-14-13-27-52(43,53)3/h9-12,17-26,29-30,32H,5-8,13-16,27-28,31H2,1-4H3. The molecule has 0 bridgehead atoms. The predicted molar refractivity (Wildman–Crippen MR) is 241 cm³/mol. The normalized spacial score (nSPS) is 20.7. The molecule has 282 valence electrons. The quantitative estimate of drug-likeness (QED) is 0.152. The van der Waals surface area contributed by atoms with E-state index in [1.807, 2.05) is 0 Å². The highest BCUT2D eigenvalue weighted by Gasteiger charge is 2.62. The summed E-state index contributed by atoms with van der Waals surface area (Å²) in [7, 11) is 0. The number of anilines is 4. The number of nitrogens with zero attached hydrogens (tertiary/aromatic N) is 2. The second-order valence-electron chi connectivity index (χ2n) is 18.4. The summed E-state index contributed by atoms with van der Waals surface area (Å²) in [6.07, 6.45) is 12.9. The van der Waals surface area contributed by atoms with Crippen LogP contribution in [-0.4, -0.2) is 12.4 Å². The summed E-state index contributed by atoms with van der Waals surface area (Å²) < 4.78 is 7.17. The summed E-state index contributed by atoms with van der Waals surface area (Å²) in [6.45, 7) is 9.83. The highest BCUT2D eigenvalue weighted by atomic mass is 16.3. The molecule has 0 saturated heterocycles. The number of unbranched alkanes of at least 4 members (excludes halogenated alkanes) is 2. The lowest BCUT2D eigenvalue weighted by Gasteiger charge is -2.53. The maximum absolute atomic E-state index is 7.17. The summed E-state index contributed by atoms with van der Waals surface area (Å²) in [5, 5.41) is 2.44. The van der Waals surface area contributed by atoms with E-state index in [4.69, 9.17) is 4.42 Å². The average molecular weight is 743 g/mol. The summed E-state index contributed by atoms with van der Waals surface area (Å²) >= 11 is 0. The molecule has 57 heavy (non-hydrogen) atoms. The molecular weight excluding hydrogens is 691 g/mol. The van der Waals surface area contributed by atoms with Crippen LogP contribution in [0.5, 0.6) is 0 Å². The molecule has 4 heteroatoms. The molecule has 3 nitrogen and oxygen atoms in total. The zero-order valence-corrected chi connectivity index (χ0v) is 34.0. The Kier molecular flexibility index (Phi) is 7.22. The minimum atomic E-state index is -0.0827. The summed E-state index contributed by atoms with van der Waals surface area (Å²) in [6, 6.07) is 40.4. The third-order valence-electron chi connectivity index (χ3n) is 15.3. The molecule has 7 aromatic rings. The predicted octanol–water partition coefficient (Wildman–Crippen LogP) is 12.8. The number of aryl methyl sites for hydroxylation is 2. The zero-order chi connectivity index (χ0) is 38.2. The van der Waals surface area contributed by atoms with Crippen molar-refractivity contribution in [2.45, 2.75) is 109 Å². The van der Waals surface area contributed by atoms with E-state index in [1.165, 1.54) is 140 Å². The second-order valence-corrected chi connectivity index (χ2v) is 18.4. The maximum Gasteiger partial charge on any atom is 0.333 e. The number of rotatable bonds is 7. The van der Waals surface area contributed by atoms with Crippen LogP contribution in [0.3, 0.4) is 0 Å². The van der Waals surface area contributed by atoms with Crippen molar-refractivity contribution >= 4 is 62.5 Å². The highest BCUT2D eigenvalue weighted by Crippen LogP contribution is 2.64. The fourth-order valence-corrected chi connectivity index (χ4v) is 12.3. The number of para-hydroxylation sites is 1. The first-order valence-electron chi connectivity index (χ1n) is 22.0. The van der Waals surface area contributed by atoms with E-state index in [9.17, 15) is 0 Å². The summed E-state index contributed by atoms with van der Waals surface area (Å²) in [5.74, 6) is 0. The largest absolute Gasteiger partial charge is 0.454 e. The molecule has 0 N–H and O–H groups in total. The number of hydrogen-bond donors (Lipinski definition) is 0. The van der Waals surface area contributed by atoms with Crippen LogP contribution in [0.4, 0.5) is 22.7 Å². The van der Waals surface area contributed by atoms with E-state index in [0.717, 1.165) is 30.4 Å². The van der Waals surface area contributed by atoms with Crippen molar-refractivity contribution in [3.05, 3.63) is 131 Å². The van der Waals surface area contributed by atoms with Crippen molar-refractivity contribution in [3.63, 3.8) is 0 Å². The molecular formula is C53H51BN2O. The number of fused-ring (bicyclic) bond motifs is 15. The van der Waals surface area contributed by atoms with E-state index < -0.39 is 0 Å². The van der Waals surface area contributed by atoms with Gasteiger partial charge < -0.3 is 14.1 Å². The Balaban J connectivity index is 1.25. The number of furan rings is 1. The van der Waals surface area contributed by atoms with Gasteiger partial charge in [0, 0.05) is 44.4 Å². The Morgan fingerprint density at radius 3 is 2.28 bits per heavy atom. The van der Waals surface area contributed by atoms with E-state index >= 15 is 0 Å². The molecule has 2 atom stereocenters. The Morgan fingerprint density at radius 2 is 1.44 bits per heavy atom. The third-order valence-corrected chi connectivity index (χ3v) is 15.3. The van der Waals surface area contributed by atoms with Gasteiger partial charge in [-0.2, -0.15) is 0 Å². The molecule has 3 aliphatic heterocycles. The lowest BCUT2D eigenvalue weighted by molar-refractivity contribution is 0.195. The van der Waals surface area contributed by atoms with Crippen LogP contribution in [-0.2, 0) is 24.7 Å². The van der Waals surface area contributed by atoms with Crippen LogP contribution in [0, 0.1) is 0 Å². The van der Waals surface area contributed by atoms with Gasteiger partial charge in [0.1, 0.15) is 5.58 Å². The minimum absolute atomic E-state index is 0.0141. The van der Waals surface area contributed by atoms with Crippen LogP contribution in [0.1, 0.15) is 107 Å². The lowest BCUT2D eigenvalue weighted by atomic mass is 9.43. The van der Waals surface area contributed by atoms with Gasteiger partial charge in [0.15, 0.2) is 5.58 Å². The molecule has 0 radical (unpaired) electrons. The van der Waals surface area contributed by atoms with Crippen LogP contribution < -0.4 is 20.6 Å². The third kappa shape index (κ3) is 4.40. The minimum Gasteiger partial charge on any atom is -0.454 e. The Bertz CT molecular complexity index is 2810. The van der Waals surface area contributed by atoms with Crippen molar-refractivity contribution in [1.29, 1.82) is 0 Å². The van der Waals surface area contributed by atoms with E-state index in [2.05, 4.69) is 141 Å². The van der Waals surface area contributed by atoms with Crippen LogP contribution in [0.2, 0.25) is 0 Å². The first-order chi connectivity index (χ1) is 27.9. The second kappa shape index (κ2) is 12.1. The topological polar surface area (TPSA) is 19.6 Å². The van der Waals surface area contributed by atoms with Gasteiger partial charge in [0.25, 0.3) is 0 Å². The van der Waals surface area contributed by atoms with Gasteiger partial charge in [-0.05, 0) is 126 Å². The fourth-order valence-electron chi connectivity index (χ4n) is 12.3. The van der Waals surface area contributed by atoms with E-state index in [1.54, 1.807) is 5.56 Å².